The van der Waals surface area contributed by atoms with Crippen molar-refractivity contribution in [1.29, 1.82) is 0 Å². The molecule has 0 amide bonds. The Labute approximate surface area is 158 Å². The summed E-state index contributed by atoms with van der Waals surface area (Å²) in [7, 11) is 1.29. The Kier molecular flexibility index (Phi) is 6.45. The van der Waals surface area contributed by atoms with Gasteiger partial charge in [0, 0.05) is 5.92 Å². The van der Waals surface area contributed by atoms with Crippen LogP contribution in [-0.4, -0.2) is 13.7 Å². The third-order valence-corrected chi connectivity index (χ3v) is 4.75. The molecule has 27 heavy (non-hydrogen) atoms. The van der Waals surface area contributed by atoms with Crippen molar-refractivity contribution < 1.29 is 23.0 Å². The maximum absolute atomic E-state index is 13.9. The van der Waals surface area contributed by atoms with Crippen LogP contribution in [0.4, 0.5) is 8.78 Å². The van der Waals surface area contributed by atoms with E-state index in [0.29, 0.717) is 5.92 Å². The zero-order chi connectivity index (χ0) is 19.2. The summed E-state index contributed by atoms with van der Waals surface area (Å²) in [5, 5.41) is 0. The molecule has 0 bridgehead atoms. The average molecular weight is 374 g/mol. The lowest BCUT2D eigenvalue weighted by molar-refractivity contribution is -0.00526. The van der Waals surface area contributed by atoms with Crippen molar-refractivity contribution in [3.63, 3.8) is 0 Å². The Bertz CT molecular complexity index is 779. The first-order valence-corrected chi connectivity index (χ1v) is 9.10. The third-order valence-electron chi connectivity index (χ3n) is 4.75. The van der Waals surface area contributed by atoms with Crippen LogP contribution in [0.1, 0.15) is 37.0 Å². The average Bonchev–Trinajstić information content (AvgIpc) is 2.70. The third kappa shape index (κ3) is 4.66. The standard InChI is InChI=1S/C22H24F2O3/c1-3-4-15-7-10-18(26-13-15)17-8-5-16(6-9-17)14-27-20-12-11-19(25-2)21(23)22(20)24/h3-6,8-9,11-12,15,18H,7,10,13-14H2,1-2H3. The molecular weight excluding hydrogens is 350 g/mol. The van der Waals surface area contributed by atoms with E-state index >= 15 is 0 Å². The normalized spacial score (nSPS) is 20.0. The summed E-state index contributed by atoms with van der Waals surface area (Å²) < 4.78 is 43.8. The van der Waals surface area contributed by atoms with E-state index in [2.05, 4.69) is 12.2 Å². The van der Waals surface area contributed by atoms with E-state index in [-0.39, 0.29) is 24.2 Å². The molecule has 2 atom stereocenters. The van der Waals surface area contributed by atoms with Crippen LogP contribution in [0.3, 0.4) is 0 Å². The molecule has 0 saturated carbocycles. The van der Waals surface area contributed by atoms with E-state index in [1.807, 2.05) is 31.2 Å². The molecule has 5 heteroatoms. The van der Waals surface area contributed by atoms with Gasteiger partial charge in [0.2, 0.25) is 11.6 Å². The van der Waals surface area contributed by atoms with Gasteiger partial charge in [-0.15, -0.1) is 0 Å². The summed E-state index contributed by atoms with van der Waals surface area (Å²) in [6.45, 7) is 2.92. The summed E-state index contributed by atoms with van der Waals surface area (Å²) >= 11 is 0. The van der Waals surface area contributed by atoms with Crippen LogP contribution in [0.5, 0.6) is 11.5 Å². The van der Waals surface area contributed by atoms with Crippen LogP contribution in [0.25, 0.3) is 0 Å². The van der Waals surface area contributed by atoms with Crippen LogP contribution < -0.4 is 9.47 Å². The molecule has 3 nitrogen and oxygen atoms in total. The molecule has 0 spiro atoms. The fourth-order valence-corrected chi connectivity index (χ4v) is 3.23. The molecular formula is C22H24F2O3. The molecule has 0 aliphatic carbocycles. The summed E-state index contributed by atoms with van der Waals surface area (Å²) in [5.41, 5.74) is 2.00. The fourth-order valence-electron chi connectivity index (χ4n) is 3.23. The van der Waals surface area contributed by atoms with Crippen molar-refractivity contribution in [3.8, 4) is 11.5 Å². The zero-order valence-electron chi connectivity index (χ0n) is 15.6. The van der Waals surface area contributed by atoms with Crippen molar-refractivity contribution in [2.24, 2.45) is 5.92 Å². The first-order valence-electron chi connectivity index (χ1n) is 9.10. The van der Waals surface area contributed by atoms with Gasteiger partial charge in [0.15, 0.2) is 11.5 Å². The largest absolute Gasteiger partial charge is 0.494 e. The number of ether oxygens (including phenoxy) is 3. The molecule has 2 unspecified atom stereocenters. The Hall–Kier alpha value is -2.40. The number of hydrogen-bond acceptors (Lipinski definition) is 3. The SMILES string of the molecule is CC=CC1CCC(c2ccc(COc3ccc(OC)c(F)c3F)cc2)OC1. The monoisotopic (exact) mass is 374 g/mol. The van der Waals surface area contributed by atoms with E-state index in [4.69, 9.17) is 14.2 Å². The highest BCUT2D eigenvalue weighted by Crippen LogP contribution is 2.32. The molecule has 1 saturated heterocycles. The minimum Gasteiger partial charge on any atom is -0.494 e. The molecule has 2 aromatic rings. The smallest absolute Gasteiger partial charge is 0.204 e. The lowest BCUT2D eigenvalue weighted by Crippen LogP contribution is -2.19. The Morgan fingerprint density at radius 3 is 2.37 bits per heavy atom. The molecule has 0 N–H and O–H groups in total. The maximum atomic E-state index is 13.9. The van der Waals surface area contributed by atoms with E-state index in [9.17, 15) is 8.78 Å². The van der Waals surface area contributed by atoms with Gasteiger partial charge in [0.25, 0.3) is 0 Å². The van der Waals surface area contributed by atoms with Crippen molar-refractivity contribution in [3.05, 3.63) is 71.3 Å². The highest BCUT2D eigenvalue weighted by Gasteiger charge is 2.21. The van der Waals surface area contributed by atoms with Crippen molar-refractivity contribution in [2.75, 3.05) is 13.7 Å². The molecule has 0 aromatic heterocycles. The van der Waals surface area contributed by atoms with Crippen LogP contribution in [0.15, 0.2) is 48.6 Å². The second kappa shape index (κ2) is 9.00. The highest BCUT2D eigenvalue weighted by molar-refractivity contribution is 5.35. The van der Waals surface area contributed by atoms with Gasteiger partial charge in [-0.05, 0) is 43.0 Å². The second-order valence-electron chi connectivity index (χ2n) is 6.61. The predicted molar refractivity (Wildman–Crippen MR) is 99.9 cm³/mol. The molecule has 1 aliphatic heterocycles. The van der Waals surface area contributed by atoms with Gasteiger partial charge in [-0.25, -0.2) is 0 Å². The number of hydrogen-bond donors (Lipinski definition) is 0. The van der Waals surface area contributed by atoms with Crippen molar-refractivity contribution >= 4 is 0 Å². The van der Waals surface area contributed by atoms with E-state index in [1.54, 1.807) is 0 Å². The van der Waals surface area contributed by atoms with Gasteiger partial charge in [-0.3, -0.25) is 0 Å². The summed E-state index contributed by atoms with van der Waals surface area (Å²) in [6.07, 6.45) is 6.47. The van der Waals surface area contributed by atoms with Gasteiger partial charge >= 0.3 is 0 Å². The lowest BCUT2D eigenvalue weighted by Gasteiger charge is -2.27. The highest BCUT2D eigenvalue weighted by atomic mass is 19.2. The fraction of sp³-hybridized carbons (Fsp3) is 0.364. The van der Waals surface area contributed by atoms with Crippen molar-refractivity contribution in [1.82, 2.24) is 0 Å². The Balaban J connectivity index is 1.58. The maximum Gasteiger partial charge on any atom is 0.204 e. The van der Waals surface area contributed by atoms with Crippen molar-refractivity contribution in [2.45, 2.75) is 32.5 Å². The van der Waals surface area contributed by atoms with E-state index in [0.717, 1.165) is 30.6 Å². The topological polar surface area (TPSA) is 27.7 Å². The second-order valence-corrected chi connectivity index (χ2v) is 6.61. The first-order chi connectivity index (χ1) is 13.1. The van der Waals surface area contributed by atoms with Gasteiger partial charge in [-0.1, -0.05) is 36.4 Å². The zero-order valence-corrected chi connectivity index (χ0v) is 15.6. The number of allylic oxidation sites excluding steroid dienone is 1. The Morgan fingerprint density at radius 2 is 1.74 bits per heavy atom. The first kappa shape index (κ1) is 19.4. The lowest BCUT2D eigenvalue weighted by atomic mass is 9.94. The van der Waals surface area contributed by atoms with E-state index < -0.39 is 11.6 Å². The van der Waals surface area contributed by atoms with Gasteiger partial charge in [-0.2, -0.15) is 8.78 Å². The van der Waals surface area contributed by atoms with Crippen LogP contribution >= 0.6 is 0 Å². The summed E-state index contributed by atoms with van der Waals surface area (Å²) in [5.74, 6) is -1.87. The number of halogens is 2. The van der Waals surface area contributed by atoms with Gasteiger partial charge in [0.05, 0.1) is 19.8 Å². The molecule has 2 aromatic carbocycles. The van der Waals surface area contributed by atoms with Crippen LogP contribution in [0, 0.1) is 17.6 Å². The summed E-state index contributed by atoms with van der Waals surface area (Å²) in [6, 6.07) is 10.6. The molecule has 1 fully saturated rings. The minimum atomic E-state index is -1.05. The molecule has 1 aliphatic rings. The van der Waals surface area contributed by atoms with Crippen LogP contribution in [-0.2, 0) is 11.3 Å². The predicted octanol–water partition coefficient (Wildman–Crippen LogP) is 5.60. The molecule has 0 radical (unpaired) electrons. The Morgan fingerprint density at radius 1 is 1.04 bits per heavy atom. The number of rotatable bonds is 6. The molecule has 1 heterocycles. The van der Waals surface area contributed by atoms with Gasteiger partial charge < -0.3 is 14.2 Å². The molecule has 3 rings (SSSR count). The number of benzene rings is 2. The van der Waals surface area contributed by atoms with Gasteiger partial charge in [0.1, 0.15) is 6.61 Å². The minimum absolute atomic E-state index is 0.106. The quantitative estimate of drug-likeness (QED) is 0.616. The van der Waals surface area contributed by atoms with Crippen LogP contribution in [0.2, 0.25) is 0 Å². The molecule has 144 valence electrons. The summed E-state index contributed by atoms with van der Waals surface area (Å²) in [4.78, 5) is 0. The van der Waals surface area contributed by atoms with E-state index in [1.165, 1.54) is 19.2 Å². The number of methoxy groups -OCH3 is 1.